The fraction of sp³-hybridized carbons (Fsp3) is 0.200. The lowest BCUT2D eigenvalue weighted by atomic mass is 10.2. The summed E-state index contributed by atoms with van der Waals surface area (Å²) in [6.07, 6.45) is 1.29. The van der Waals surface area contributed by atoms with Gasteiger partial charge in [-0.2, -0.15) is 0 Å². The normalized spacial score (nSPS) is 10.2. The van der Waals surface area contributed by atoms with Gasteiger partial charge in [-0.3, -0.25) is 9.59 Å². The van der Waals surface area contributed by atoms with E-state index in [1.54, 1.807) is 24.3 Å². The van der Waals surface area contributed by atoms with Gasteiger partial charge in [0.1, 0.15) is 12.4 Å². The Morgan fingerprint density at radius 3 is 2.13 bits per heavy atom. The van der Waals surface area contributed by atoms with E-state index in [4.69, 9.17) is 4.74 Å². The molecule has 3 aromatic carbocycles. The summed E-state index contributed by atoms with van der Waals surface area (Å²) >= 11 is 0. The molecule has 3 rings (SSSR count). The molecule has 0 spiro atoms. The number of anilines is 3. The van der Waals surface area contributed by atoms with Crippen LogP contribution in [0.2, 0.25) is 0 Å². The highest BCUT2D eigenvalue weighted by molar-refractivity contribution is 5.94. The summed E-state index contributed by atoms with van der Waals surface area (Å²) in [7, 11) is 0. The maximum absolute atomic E-state index is 12.3. The number of hydrogen-bond donors (Lipinski definition) is 3. The van der Waals surface area contributed by atoms with Crippen LogP contribution in [-0.4, -0.2) is 18.4 Å². The Balaban J connectivity index is 1.45. The predicted octanol–water partition coefficient (Wildman–Crippen LogP) is 5.05. The molecule has 0 atom stereocenters. The Bertz CT molecular complexity index is 988. The van der Waals surface area contributed by atoms with Crippen molar-refractivity contribution in [2.24, 2.45) is 0 Å². The second-order valence-corrected chi connectivity index (χ2v) is 7.08. The molecule has 3 aromatic rings. The molecule has 31 heavy (non-hydrogen) atoms. The first-order valence-corrected chi connectivity index (χ1v) is 10.3. The second kappa shape index (κ2) is 11.4. The first-order valence-electron chi connectivity index (χ1n) is 10.3. The van der Waals surface area contributed by atoms with Gasteiger partial charge in [0, 0.05) is 29.5 Å². The lowest BCUT2D eigenvalue weighted by molar-refractivity contribution is -0.116. The van der Waals surface area contributed by atoms with Gasteiger partial charge in [-0.15, -0.1) is 0 Å². The van der Waals surface area contributed by atoms with Crippen molar-refractivity contribution in [1.82, 2.24) is 0 Å². The number of ether oxygens (including phenoxy) is 1. The van der Waals surface area contributed by atoms with E-state index in [0.717, 1.165) is 23.4 Å². The van der Waals surface area contributed by atoms with Crippen LogP contribution in [0.3, 0.4) is 0 Å². The van der Waals surface area contributed by atoms with Crippen LogP contribution in [-0.2, 0) is 16.2 Å². The highest BCUT2D eigenvalue weighted by atomic mass is 16.5. The summed E-state index contributed by atoms with van der Waals surface area (Å²) in [5.41, 5.74) is 3.27. The minimum absolute atomic E-state index is 0.0153. The van der Waals surface area contributed by atoms with Gasteiger partial charge in [0.2, 0.25) is 11.8 Å². The van der Waals surface area contributed by atoms with E-state index >= 15 is 0 Å². The number of carbonyl (C=O) groups excluding carboxylic acids is 2. The molecule has 6 nitrogen and oxygen atoms in total. The summed E-state index contributed by atoms with van der Waals surface area (Å²) < 4.78 is 5.82. The fourth-order valence-electron chi connectivity index (χ4n) is 2.91. The van der Waals surface area contributed by atoms with Crippen molar-refractivity contribution in [3.8, 4) is 5.75 Å². The van der Waals surface area contributed by atoms with Crippen molar-refractivity contribution in [2.75, 3.05) is 22.5 Å². The van der Waals surface area contributed by atoms with Crippen LogP contribution in [0.25, 0.3) is 0 Å². The van der Waals surface area contributed by atoms with E-state index in [-0.39, 0.29) is 18.4 Å². The topological polar surface area (TPSA) is 79.5 Å². The maximum Gasteiger partial charge on any atom is 0.243 e. The molecule has 0 heterocycles. The largest absolute Gasteiger partial charge is 0.489 e. The van der Waals surface area contributed by atoms with Crippen LogP contribution in [0.5, 0.6) is 5.75 Å². The van der Waals surface area contributed by atoms with Crippen molar-refractivity contribution in [2.45, 2.75) is 26.4 Å². The Labute approximate surface area is 182 Å². The SMILES string of the molecule is CCCC(=O)Nc1ccc(NC(=O)CNc2cccc(OCc3ccccc3)c2)cc1. The zero-order valence-corrected chi connectivity index (χ0v) is 17.6. The number of carbonyl (C=O) groups is 2. The van der Waals surface area contributed by atoms with Gasteiger partial charge in [-0.05, 0) is 48.4 Å². The molecule has 0 saturated carbocycles. The molecule has 160 valence electrons. The summed E-state index contributed by atoms with van der Waals surface area (Å²) in [5.74, 6) is 0.548. The first-order chi connectivity index (χ1) is 15.1. The number of nitrogens with one attached hydrogen (secondary N) is 3. The Kier molecular flexibility index (Phi) is 8.05. The minimum Gasteiger partial charge on any atom is -0.489 e. The molecule has 0 aliphatic heterocycles. The molecule has 0 aliphatic carbocycles. The van der Waals surface area contributed by atoms with Crippen LogP contribution >= 0.6 is 0 Å². The predicted molar refractivity (Wildman–Crippen MR) is 124 cm³/mol. The first kappa shape index (κ1) is 21.9. The average Bonchev–Trinajstić information content (AvgIpc) is 2.79. The maximum atomic E-state index is 12.3. The van der Waals surface area contributed by atoms with E-state index < -0.39 is 0 Å². The zero-order chi connectivity index (χ0) is 21.9. The quantitative estimate of drug-likeness (QED) is 0.431. The molecule has 0 bridgehead atoms. The molecule has 0 radical (unpaired) electrons. The third kappa shape index (κ3) is 7.51. The molecular weight excluding hydrogens is 390 g/mol. The Morgan fingerprint density at radius 1 is 0.774 bits per heavy atom. The van der Waals surface area contributed by atoms with Crippen LogP contribution in [0.4, 0.5) is 17.1 Å². The molecule has 2 amide bonds. The fourth-order valence-corrected chi connectivity index (χ4v) is 2.91. The molecule has 0 aromatic heterocycles. The van der Waals surface area contributed by atoms with Gasteiger partial charge >= 0.3 is 0 Å². The lowest BCUT2D eigenvalue weighted by Crippen LogP contribution is -2.21. The zero-order valence-electron chi connectivity index (χ0n) is 17.6. The smallest absolute Gasteiger partial charge is 0.243 e. The molecule has 0 saturated heterocycles. The molecule has 0 aliphatic rings. The molecule has 6 heteroatoms. The van der Waals surface area contributed by atoms with E-state index in [0.29, 0.717) is 24.4 Å². The van der Waals surface area contributed by atoms with Gasteiger partial charge < -0.3 is 20.7 Å². The van der Waals surface area contributed by atoms with Crippen LogP contribution in [0.1, 0.15) is 25.3 Å². The third-order valence-electron chi connectivity index (χ3n) is 4.46. The van der Waals surface area contributed by atoms with Crippen LogP contribution in [0.15, 0.2) is 78.9 Å². The van der Waals surface area contributed by atoms with Gasteiger partial charge in [0.05, 0.1) is 6.54 Å². The van der Waals surface area contributed by atoms with E-state index in [2.05, 4.69) is 16.0 Å². The van der Waals surface area contributed by atoms with Gasteiger partial charge in [0.25, 0.3) is 0 Å². The van der Waals surface area contributed by atoms with E-state index in [1.165, 1.54) is 0 Å². The van der Waals surface area contributed by atoms with Crippen molar-refractivity contribution in [1.29, 1.82) is 0 Å². The average molecular weight is 418 g/mol. The molecule has 0 unspecified atom stereocenters. The highest BCUT2D eigenvalue weighted by Crippen LogP contribution is 2.19. The van der Waals surface area contributed by atoms with Crippen molar-refractivity contribution in [3.63, 3.8) is 0 Å². The Morgan fingerprint density at radius 2 is 1.45 bits per heavy atom. The monoisotopic (exact) mass is 417 g/mol. The standard InChI is InChI=1S/C25H27N3O3/c1-2-7-24(29)27-20-12-14-21(15-13-20)28-25(30)17-26-22-10-6-11-23(16-22)31-18-19-8-4-3-5-9-19/h3-6,8-16,26H,2,7,17-18H2,1H3,(H,27,29)(H,28,30). The van der Waals surface area contributed by atoms with Crippen molar-refractivity contribution in [3.05, 3.63) is 84.4 Å². The Hall–Kier alpha value is -3.80. The summed E-state index contributed by atoms with van der Waals surface area (Å²) in [6, 6.07) is 24.5. The highest BCUT2D eigenvalue weighted by Gasteiger charge is 2.05. The lowest BCUT2D eigenvalue weighted by Gasteiger charge is -2.11. The number of hydrogen-bond acceptors (Lipinski definition) is 4. The number of amides is 2. The molecule has 3 N–H and O–H groups in total. The van der Waals surface area contributed by atoms with Crippen LogP contribution < -0.4 is 20.7 Å². The van der Waals surface area contributed by atoms with E-state index in [1.807, 2.05) is 61.5 Å². The van der Waals surface area contributed by atoms with Crippen molar-refractivity contribution < 1.29 is 14.3 Å². The number of rotatable bonds is 10. The second-order valence-electron chi connectivity index (χ2n) is 7.08. The van der Waals surface area contributed by atoms with Crippen LogP contribution in [0, 0.1) is 0 Å². The minimum atomic E-state index is -0.168. The molecule has 0 fully saturated rings. The third-order valence-corrected chi connectivity index (χ3v) is 4.46. The summed E-state index contributed by atoms with van der Waals surface area (Å²) in [6.45, 7) is 2.57. The van der Waals surface area contributed by atoms with Gasteiger partial charge in [-0.25, -0.2) is 0 Å². The van der Waals surface area contributed by atoms with Crippen molar-refractivity contribution >= 4 is 28.9 Å². The number of benzene rings is 3. The van der Waals surface area contributed by atoms with Gasteiger partial charge in [0.15, 0.2) is 0 Å². The summed E-state index contributed by atoms with van der Waals surface area (Å²) in [4.78, 5) is 23.9. The van der Waals surface area contributed by atoms with E-state index in [9.17, 15) is 9.59 Å². The van der Waals surface area contributed by atoms with Gasteiger partial charge in [-0.1, -0.05) is 43.3 Å². The molecular formula is C25H27N3O3. The summed E-state index contributed by atoms with van der Waals surface area (Å²) in [5, 5.41) is 8.76.